The van der Waals surface area contributed by atoms with Crippen molar-refractivity contribution in [3.8, 4) is 0 Å². The van der Waals surface area contributed by atoms with E-state index in [0.29, 0.717) is 11.3 Å². The van der Waals surface area contributed by atoms with Crippen LogP contribution in [0, 0.1) is 0 Å². The van der Waals surface area contributed by atoms with Crippen LogP contribution in [0.2, 0.25) is 0 Å². The molecular formula is C33H42N12O5. The van der Waals surface area contributed by atoms with Crippen molar-refractivity contribution < 1.29 is 24.0 Å². The van der Waals surface area contributed by atoms with Crippen LogP contribution in [0.25, 0.3) is 10.9 Å². The molecule has 12 N–H and O–H groups in total. The molecular weight excluding hydrogens is 644 g/mol. The van der Waals surface area contributed by atoms with Gasteiger partial charge >= 0.3 is 6.03 Å². The number of nitrogens with zero attached hydrogens (tertiary/aromatic N) is 3. The second kappa shape index (κ2) is 17.7. The summed E-state index contributed by atoms with van der Waals surface area (Å²) in [7, 11) is 0. The maximum atomic E-state index is 13.9. The Balaban J connectivity index is 1.55. The molecule has 4 aromatic rings. The first-order valence-electron chi connectivity index (χ1n) is 15.9. The molecule has 17 heteroatoms. The fourth-order valence-electron chi connectivity index (χ4n) is 5.23. The fraction of sp³-hybridized carbons (Fsp3) is 0.303. The highest BCUT2D eigenvalue weighted by molar-refractivity contribution is 5.93. The number of imidazole rings is 1. The van der Waals surface area contributed by atoms with Crippen LogP contribution >= 0.6 is 0 Å². The van der Waals surface area contributed by atoms with Gasteiger partial charge in [0.2, 0.25) is 17.7 Å². The van der Waals surface area contributed by atoms with E-state index >= 15 is 0 Å². The average Bonchev–Trinajstić information content (AvgIpc) is 3.75. The number of para-hydroxylation sites is 1. The SMILES string of the molecule is CC(=O)N[C@@H](Cc1cnc[nH]1)C(=O)N[C@H](Cc1ccccc1)C(=O)NN(CCCN=C(N)N)C(=O)N[C@@H](Cc1c[nH]c2ccccc12)C(N)=O. The van der Waals surface area contributed by atoms with E-state index in [1.54, 1.807) is 30.5 Å². The summed E-state index contributed by atoms with van der Waals surface area (Å²) in [5, 5.41) is 9.80. The fourth-order valence-corrected chi connectivity index (χ4v) is 5.23. The summed E-state index contributed by atoms with van der Waals surface area (Å²) in [5.74, 6) is -2.76. The Morgan fingerprint density at radius 1 is 0.840 bits per heavy atom. The number of H-pyrrole nitrogens is 2. The number of fused-ring (bicyclic) bond motifs is 1. The molecule has 50 heavy (non-hydrogen) atoms. The third-order valence-electron chi connectivity index (χ3n) is 7.65. The Bertz CT molecular complexity index is 1790. The van der Waals surface area contributed by atoms with Gasteiger partial charge in [-0.25, -0.2) is 14.8 Å². The van der Waals surface area contributed by atoms with E-state index in [0.717, 1.165) is 21.5 Å². The molecule has 4 rings (SSSR count). The molecule has 0 saturated carbocycles. The molecule has 0 aliphatic carbocycles. The largest absolute Gasteiger partial charge is 0.370 e. The maximum absolute atomic E-state index is 13.9. The molecule has 264 valence electrons. The number of aromatic amines is 2. The Labute approximate surface area is 287 Å². The summed E-state index contributed by atoms with van der Waals surface area (Å²) >= 11 is 0. The van der Waals surface area contributed by atoms with E-state index < -0.39 is 47.8 Å². The number of benzene rings is 2. The molecule has 0 saturated heterocycles. The van der Waals surface area contributed by atoms with Gasteiger partial charge in [0.1, 0.15) is 18.1 Å². The second-order valence-corrected chi connectivity index (χ2v) is 11.5. The number of hydrogen-bond donors (Lipinski definition) is 9. The van der Waals surface area contributed by atoms with Crippen molar-refractivity contribution in [3.63, 3.8) is 0 Å². The molecule has 2 aromatic carbocycles. The smallest absolute Gasteiger partial charge is 0.336 e. The highest BCUT2D eigenvalue weighted by Gasteiger charge is 2.30. The zero-order chi connectivity index (χ0) is 36.0. The van der Waals surface area contributed by atoms with Crippen LogP contribution in [0.3, 0.4) is 0 Å². The molecule has 17 nitrogen and oxygen atoms in total. The number of urea groups is 1. The van der Waals surface area contributed by atoms with Gasteiger partial charge in [0, 0.05) is 68.3 Å². The van der Waals surface area contributed by atoms with Crippen molar-refractivity contribution in [1.82, 2.24) is 41.3 Å². The lowest BCUT2D eigenvalue weighted by Crippen LogP contribution is -2.60. The average molecular weight is 687 g/mol. The number of aliphatic imine (C=N–C) groups is 1. The van der Waals surface area contributed by atoms with Gasteiger partial charge in [0.05, 0.1) is 6.33 Å². The minimum Gasteiger partial charge on any atom is -0.370 e. The summed E-state index contributed by atoms with van der Waals surface area (Å²) in [4.78, 5) is 79.5. The molecule has 0 bridgehead atoms. The van der Waals surface area contributed by atoms with Crippen molar-refractivity contribution in [2.45, 2.75) is 50.7 Å². The van der Waals surface area contributed by atoms with Gasteiger partial charge in [-0.1, -0.05) is 48.5 Å². The predicted molar refractivity (Wildman–Crippen MR) is 186 cm³/mol. The van der Waals surface area contributed by atoms with E-state index in [4.69, 9.17) is 17.2 Å². The summed E-state index contributed by atoms with van der Waals surface area (Å²) in [6.07, 6.45) is 5.12. The van der Waals surface area contributed by atoms with Crippen molar-refractivity contribution in [2.75, 3.05) is 13.1 Å². The van der Waals surface area contributed by atoms with E-state index in [9.17, 15) is 24.0 Å². The van der Waals surface area contributed by atoms with Crippen LogP contribution in [0.15, 0.2) is 78.3 Å². The molecule has 0 radical (unpaired) electrons. The van der Waals surface area contributed by atoms with Crippen molar-refractivity contribution in [1.29, 1.82) is 0 Å². The van der Waals surface area contributed by atoms with Crippen LogP contribution in [0.5, 0.6) is 0 Å². The van der Waals surface area contributed by atoms with Crippen molar-refractivity contribution in [3.05, 3.63) is 90.1 Å². The zero-order valence-electron chi connectivity index (χ0n) is 27.5. The number of primary amides is 1. The normalized spacial score (nSPS) is 12.6. The van der Waals surface area contributed by atoms with E-state index in [-0.39, 0.29) is 44.7 Å². The molecule has 6 amide bonds. The van der Waals surface area contributed by atoms with E-state index in [1.807, 2.05) is 30.3 Å². The highest BCUT2D eigenvalue weighted by Crippen LogP contribution is 2.19. The van der Waals surface area contributed by atoms with Crippen LogP contribution in [0.1, 0.15) is 30.2 Å². The van der Waals surface area contributed by atoms with Crippen LogP contribution in [0.4, 0.5) is 4.79 Å². The standard InChI is InChI=1S/C33H42N12O5/c1-20(46)41-28(16-23-18-37-19-40-23)30(48)42-27(14-21-8-3-2-4-9-21)31(49)44-45(13-7-12-38-32(35)36)33(50)43-26(29(34)47)15-22-17-39-25-11-6-5-10-24(22)25/h2-6,8-11,17-19,26-28,39H,7,12-16H2,1H3,(H2,34,47)(H,37,40)(H,41,46)(H,42,48)(H,43,50)(H,44,49)(H4,35,36,38)/t26-,27+,28-/m0/s1. The van der Waals surface area contributed by atoms with E-state index in [1.165, 1.54) is 19.4 Å². The van der Waals surface area contributed by atoms with Gasteiger partial charge in [-0.05, 0) is 23.6 Å². The first kappa shape index (κ1) is 36.4. The van der Waals surface area contributed by atoms with Gasteiger partial charge in [-0.15, -0.1) is 0 Å². The Morgan fingerprint density at radius 3 is 2.24 bits per heavy atom. The van der Waals surface area contributed by atoms with E-state index in [2.05, 4.69) is 41.3 Å². The highest BCUT2D eigenvalue weighted by atomic mass is 16.2. The van der Waals surface area contributed by atoms with Gasteiger partial charge < -0.3 is 43.1 Å². The first-order chi connectivity index (χ1) is 24.0. The molecule has 0 unspecified atom stereocenters. The Hall–Kier alpha value is -6.39. The van der Waals surface area contributed by atoms with Crippen molar-refractivity contribution in [2.24, 2.45) is 22.2 Å². The second-order valence-electron chi connectivity index (χ2n) is 11.5. The topological polar surface area (TPSA) is 272 Å². The molecule has 0 fully saturated rings. The number of amides is 6. The van der Waals surface area contributed by atoms with Crippen molar-refractivity contribution >= 4 is 46.5 Å². The number of hydrazine groups is 1. The summed E-state index contributed by atoms with van der Waals surface area (Å²) < 4.78 is 0. The van der Waals surface area contributed by atoms with Gasteiger partial charge in [0.25, 0.3) is 5.91 Å². The Kier molecular flexibility index (Phi) is 12.9. The van der Waals surface area contributed by atoms with Crippen LogP contribution in [-0.2, 0) is 38.4 Å². The predicted octanol–water partition coefficient (Wildman–Crippen LogP) is -0.531. The molecule has 3 atom stereocenters. The van der Waals surface area contributed by atoms with Crippen LogP contribution < -0.4 is 38.6 Å². The van der Waals surface area contributed by atoms with Crippen LogP contribution in [-0.4, -0.2) is 86.8 Å². The number of carbonyl (C=O) groups is 5. The van der Waals surface area contributed by atoms with Gasteiger partial charge in [-0.2, -0.15) is 0 Å². The molecule has 0 aliphatic rings. The maximum Gasteiger partial charge on any atom is 0.336 e. The number of carbonyl (C=O) groups excluding carboxylic acids is 5. The summed E-state index contributed by atoms with van der Waals surface area (Å²) in [5.41, 5.74) is 22.1. The molecule has 2 aromatic heterocycles. The lowest BCUT2D eigenvalue weighted by Gasteiger charge is -2.29. The number of guanidine groups is 1. The quantitative estimate of drug-likeness (QED) is 0.0319. The minimum absolute atomic E-state index is 0.0448. The summed E-state index contributed by atoms with van der Waals surface area (Å²) in [6, 6.07) is 12.2. The number of aromatic nitrogens is 3. The minimum atomic E-state index is -1.20. The number of nitrogens with two attached hydrogens (primary N) is 3. The first-order valence-corrected chi connectivity index (χ1v) is 15.9. The molecule has 0 aliphatic heterocycles. The molecule has 2 heterocycles. The number of hydrogen-bond acceptors (Lipinski definition) is 7. The third kappa shape index (κ3) is 10.8. The Morgan fingerprint density at radius 2 is 1.56 bits per heavy atom. The lowest BCUT2D eigenvalue weighted by molar-refractivity contribution is -0.133. The third-order valence-corrected chi connectivity index (χ3v) is 7.65. The zero-order valence-corrected chi connectivity index (χ0v) is 27.5. The monoisotopic (exact) mass is 686 g/mol. The molecule has 0 spiro atoms. The lowest BCUT2D eigenvalue weighted by atomic mass is 10.0. The van der Waals surface area contributed by atoms with Gasteiger partial charge in [0.15, 0.2) is 5.96 Å². The number of nitrogens with one attached hydrogen (secondary N) is 6. The van der Waals surface area contributed by atoms with Gasteiger partial charge in [-0.3, -0.25) is 29.6 Å². The summed E-state index contributed by atoms with van der Waals surface area (Å²) in [6.45, 7) is 1.33. The number of rotatable bonds is 16.